The van der Waals surface area contributed by atoms with E-state index in [1.807, 2.05) is 0 Å². The first-order valence-corrected chi connectivity index (χ1v) is 6.31. The zero-order valence-electron chi connectivity index (χ0n) is 10.8. The van der Waals surface area contributed by atoms with E-state index in [-0.39, 0.29) is 5.91 Å². The van der Waals surface area contributed by atoms with Crippen LogP contribution in [0.2, 0.25) is 0 Å². The van der Waals surface area contributed by atoms with Gasteiger partial charge in [-0.3, -0.25) is 9.69 Å². The summed E-state index contributed by atoms with van der Waals surface area (Å²) < 4.78 is 0. The second-order valence-corrected chi connectivity index (χ2v) is 5.04. The molecular formula is C12H25N3O. The van der Waals surface area contributed by atoms with Gasteiger partial charge in [0.25, 0.3) is 0 Å². The Bertz CT molecular complexity index is 212. The molecule has 1 aliphatic heterocycles. The van der Waals surface area contributed by atoms with E-state index in [9.17, 15) is 4.79 Å². The normalized spacial score (nSPS) is 19.8. The summed E-state index contributed by atoms with van der Waals surface area (Å²) in [6.07, 6.45) is 0.618. The molecule has 1 atom stereocenters. The van der Waals surface area contributed by atoms with Gasteiger partial charge in [0.2, 0.25) is 5.91 Å². The van der Waals surface area contributed by atoms with Gasteiger partial charge in [-0.1, -0.05) is 13.8 Å². The first-order valence-electron chi connectivity index (χ1n) is 6.31. The van der Waals surface area contributed by atoms with Gasteiger partial charge >= 0.3 is 0 Å². The van der Waals surface area contributed by atoms with Crippen LogP contribution in [0.15, 0.2) is 0 Å². The van der Waals surface area contributed by atoms with Crippen molar-refractivity contribution in [2.75, 3.05) is 32.7 Å². The van der Waals surface area contributed by atoms with Crippen LogP contribution in [0, 0.1) is 5.92 Å². The van der Waals surface area contributed by atoms with E-state index in [2.05, 4.69) is 36.3 Å². The Kier molecular flexibility index (Phi) is 5.77. The molecule has 1 aliphatic rings. The average Bonchev–Trinajstić information content (AvgIpc) is 2.27. The van der Waals surface area contributed by atoms with Crippen molar-refractivity contribution in [1.29, 1.82) is 0 Å². The maximum atomic E-state index is 11.6. The number of nitrogens with zero attached hydrogens (tertiary/aromatic N) is 1. The summed E-state index contributed by atoms with van der Waals surface area (Å²) in [5.74, 6) is 0.707. The highest BCUT2D eigenvalue weighted by atomic mass is 16.1. The number of hydrogen-bond acceptors (Lipinski definition) is 3. The molecule has 0 bridgehead atoms. The lowest BCUT2D eigenvalue weighted by molar-refractivity contribution is -0.122. The molecule has 0 radical (unpaired) electrons. The van der Waals surface area contributed by atoms with Crippen LogP contribution >= 0.6 is 0 Å². The number of carbonyl (C=O) groups excluding carboxylic acids is 1. The Morgan fingerprint density at radius 3 is 2.50 bits per heavy atom. The summed E-state index contributed by atoms with van der Waals surface area (Å²) in [5, 5.41) is 6.29. The van der Waals surface area contributed by atoms with Gasteiger partial charge in [0, 0.05) is 45.2 Å². The number of piperazine rings is 1. The van der Waals surface area contributed by atoms with Gasteiger partial charge in [-0.25, -0.2) is 0 Å². The predicted molar refractivity (Wildman–Crippen MR) is 66.4 cm³/mol. The third-order valence-corrected chi connectivity index (χ3v) is 2.96. The van der Waals surface area contributed by atoms with Crippen LogP contribution in [0.4, 0.5) is 0 Å². The van der Waals surface area contributed by atoms with Crippen LogP contribution in [-0.2, 0) is 4.79 Å². The van der Waals surface area contributed by atoms with Crippen LogP contribution < -0.4 is 10.6 Å². The number of amides is 1. The minimum Gasteiger partial charge on any atom is -0.356 e. The van der Waals surface area contributed by atoms with Crippen LogP contribution in [0.3, 0.4) is 0 Å². The Morgan fingerprint density at radius 1 is 1.31 bits per heavy atom. The lowest BCUT2D eigenvalue weighted by Crippen LogP contribution is -2.48. The van der Waals surface area contributed by atoms with E-state index in [0.29, 0.717) is 18.4 Å². The molecule has 1 saturated heterocycles. The van der Waals surface area contributed by atoms with E-state index in [4.69, 9.17) is 0 Å². The Balaban J connectivity index is 2.21. The molecule has 4 nitrogen and oxygen atoms in total. The molecule has 1 rings (SSSR count). The van der Waals surface area contributed by atoms with Crippen LogP contribution in [0.1, 0.15) is 27.2 Å². The van der Waals surface area contributed by atoms with Crippen molar-refractivity contribution in [2.24, 2.45) is 5.92 Å². The van der Waals surface area contributed by atoms with Gasteiger partial charge < -0.3 is 10.6 Å². The number of hydrogen-bond donors (Lipinski definition) is 2. The van der Waals surface area contributed by atoms with Gasteiger partial charge in [-0.05, 0) is 12.8 Å². The quantitative estimate of drug-likeness (QED) is 0.716. The highest BCUT2D eigenvalue weighted by molar-refractivity contribution is 5.76. The minimum absolute atomic E-state index is 0.180. The summed E-state index contributed by atoms with van der Waals surface area (Å²) in [4.78, 5) is 14.0. The second kappa shape index (κ2) is 6.86. The average molecular weight is 227 g/mol. The molecule has 1 fully saturated rings. The molecule has 0 aromatic heterocycles. The Hall–Kier alpha value is -0.610. The van der Waals surface area contributed by atoms with E-state index in [0.717, 1.165) is 32.7 Å². The fourth-order valence-corrected chi connectivity index (χ4v) is 1.91. The molecule has 1 amide bonds. The zero-order chi connectivity index (χ0) is 12.0. The summed E-state index contributed by atoms with van der Waals surface area (Å²) in [6.45, 7) is 11.3. The Labute approximate surface area is 98.8 Å². The molecule has 0 aromatic rings. The molecule has 1 heterocycles. The maximum absolute atomic E-state index is 11.6. The summed E-state index contributed by atoms with van der Waals surface area (Å²) in [5.41, 5.74) is 0. The minimum atomic E-state index is 0.180. The van der Waals surface area contributed by atoms with E-state index in [1.54, 1.807) is 0 Å². The van der Waals surface area contributed by atoms with Crippen LogP contribution in [0.5, 0.6) is 0 Å². The van der Waals surface area contributed by atoms with Crippen molar-refractivity contribution < 1.29 is 4.79 Å². The lowest BCUT2D eigenvalue weighted by atomic mass is 10.1. The maximum Gasteiger partial charge on any atom is 0.221 e. The highest BCUT2D eigenvalue weighted by Crippen LogP contribution is 2.05. The lowest BCUT2D eigenvalue weighted by Gasteiger charge is -2.32. The van der Waals surface area contributed by atoms with Gasteiger partial charge in [-0.15, -0.1) is 0 Å². The van der Waals surface area contributed by atoms with Crippen molar-refractivity contribution in [3.05, 3.63) is 0 Å². The third kappa shape index (κ3) is 4.94. The first-order chi connectivity index (χ1) is 7.59. The van der Waals surface area contributed by atoms with E-state index in [1.165, 1.54) is 0 Å². The molecule has 0 spiro atoms. The van der Waals surface area contributed by atoms with E-state index >= 15 is 0 Å². The largest absolute Gasteiger partial charge is 0.356 e. The molecule has 0 aromatic carbocycles. The summed E-state index contributed by atoms with van der Waals surface area (Å²) in [7, 11) is 0. The highest BCUT2D eigenvalue weighted by Gasteiger charge is 2.18. The smallest absolute Gasteiger partial charge is 0.221 e. The van der Waals surface area contributed by atoms with Gasteiger partial charge in [0.1, 0.15) is 0 Å². The van der Waals surface area contributed by atoms with Crippen molar-refractivity contribution in [3.8, 4) is 0 Å². The molecule has 16 heavy (non-hydrogen) atoms. The number of carbonyl (C=O) groups is 1. The third-order valence-electron chi connectivity index (χ3n) is 2.96. The second-order valence-electron chi connectivity index (χ2n) is 5.04. The van der Waals surface area contributed by atoms with Crippen molar-refractivity contribution in [3.63, 3.8) is 0 Å². The molecule has 0 saturated carbocycles. The molecule has 2 N–H and O–H groups in total. The monoisotopic (exact) mass is 227 g/mol. The predicted octanol–water partition coefficient (Wildman–Crippen LogP) is 0.442. The topological polar surface area (TPSA) is 44.4 Å². The van der Waals surface area contributed by atoms with Gasteiger partial charge in [-0.2, -0.15) is 0 Å². The summed E-state index contributed by atoms with van der Waals surface area (Å²) >= 11 is 0. The van der Waals surface area contributed by atoms with E-state index < -0.39 is 0 Å². The van der Waals surface area contributed by atoms with Crippen LogP contribution in [0.25, 0.3) is 0 Å². The SMILES string of the molecule is CC(C)CNC(=O)CC(C)N1CCNCC1. The Morgan fingerprint density at radius 2 is 1.94 bits per heavy atom. The molecule has 4 heteroatoms. The molecule has 94 valence electrons. The number of rotatable bonds is 5. The molecular weight excluding hydrogens is 202 g/mol. The van der Waals surface area contributed by atoms with Crippen molar-refractivity contribution >= 4 is 5.91 Å². The fraction of sp³-hybridized carbons (Fsp3) is 0.917. The van der Waals surface area contributed by atoms with Gasteiger partial charge in [0.15, 0.2) is 0 Å². The fourth-order valence-electron chi connectivity index (χ4n) is 1.91. The molecule has 0 aliphatic carbocycles. The first kappa shape index (κ1) is 13.5. The van der Waals surface area contributed by atoms with Crippen molar-refractivity contribution in [2.45, 2.75) is 33.2 Å². The van der Waals surface area contributed by atoms with Crippen LogP contribution in [-0.4, -0.2) is 49.6 Å². The van der Waals surface area contributed by atoms with Gasteiger partial charge in [0.05, 0.1) is 0 Å². The summed E-state index contributed by atoms with van der Waals surface area (Å²) in [6, 6.07) is 0.356. The standard InChI is InChI=1S/C12H25N3O/c1-10(2)9-14-12(16)8-11(3)15-6-4-13-5-7-15/h10-11,13H,4-9H2,1-3H3,(H,14,16). The zero-order valence-corrected chi connectivity index (χ0v) is 10.8. The number of nitrogens with one attached hydrogen (secondary N) is 2. The molecule has 1 unspecified atom stereocenters. The van der Waals surface area contributed by atoms with Crippen molar-refractivity contribution in [1.82, 2.24) is 15.5 Å².